The molecule has 1 aromatic rings. The van der Waals surface area contributed by atoms with Crippen molar-refractivity contribution < 1.29 is 19.1 Å². The van der Waals surface area contributed by atoms with Gasteiger partial charge >= 0.3 is 5.97 Å². The first-order chi connectivity index (χ1) is 9.06. The number of carbonyl (C=O) groups is 2. The zero-order valence-corrected chi connectivity index (χ0v) is 13.0. The van der Waals surface area contributed by atoms with Crippen molar-refractivity contribution in [2.24, 2.45) is 0 Å². The van der Waals surface area contributed by atoms with Crippen LogP contribution in [-0.4, -0.2) is 38.7 Å². The molecule has 0 saturated heterocycles. The van der Waals surface area contributed by atoms with Gasteiger partial charge in [-0.1, -0.05) is 12.1 Å². The molecule has 0 spiro atoms. The second-order valence-corrected chi connectivity index (χ2v) is 5.15. The Labute approximate surface area is 125 Å². The van der Waals surface area contributed by atoms with Crippen molar-refractivity contribution in [3.05, 3.63) is 33.4 Å². The number of ether oxygens (including phenoxy) is 2. The van der Waals surface area contributed by atoms with E-state index in [0.717, 1.165) is 9.13 Å². The van der Waals surface area contributed by atoms with Crippen LogP contribution in [0.2, 0.25) is 0 Å². The molecule has 0 aliphatic heterocycles. The minimum absolute atomic E-state index is 0.0832. The van der Waals surface area contributed by atoms with Gasteiger partial charge in [0.15, 0.2) is 0 Å². The first-order valence-electron chi connectivity index (χ1n) is 5.67. The highest BCUT2D eigenvalue weighted by Gasteiger charge is 2.21. The Kier molecular flexibility index (Phi) is 6.79. The van der Waals surface area contributed by atoms with Gasteiger partial charge in [0.1, 0.15) is 12.6 Å². The Morgan fingerprint density at radius 3 is 2.42 bits per heavy atom. The maximum absolute atomic E-state index is 11.6. The minimum atomic E-state index is -0.701. The van der Waals surface area contributed by atoms with Crippen molar-refractivity contribution in [1.29, 1.82) is 0 Å². The van der Waals surface area contributed by atoms with E-state index in [4.69, 9.17) is 9.47 Å². The summed E-state index contributed by atoms with van der Waals surface area (Å²) < 4.78 is 10.5. The zero-order valence-electron chi connectivity index (χ0n) is 10.8. The van der Waals surface area contributed by atoms with Crippen molar-refractivity contribution in [1.82, 2.24) is 5.32 Å². The smallest absolute Gasteiger partial charge is 0.328 e. The molecule has 104 valence electrons. The molecule has 0 aliphatic rings. The second kappa shape index (κ2) is 8.11. The molecule has 0 heterocycles. The average Bonchev–Trinajstić information content (AvgIpc) is 2.40. The lowest BCUT2D eigenvalue weighted by molar-refractivity contribution is -0.145. The highest BCUT2D eigenvalue weighted by molar-refractivity contribution is 14.1. The summed E-state index contributed by atoms with van der Waals surface area (Å²) in [5.41, 5.74) is 0.952. The average molecular weight is 377 g/mol. The lowest BCUT2D eigenvalue weighted by Gasteiger charge is -2.16. The third-order valence-electron chi connectivity index (χ3n) is 2.45. The third kappa shape index (κ3) is 5.56. The van der Waals surface area contributed by atoms with Gasteiger partial charge in [0.05, 0.1) is 7.11 Å². The number of methoxy groups -OCH3 is 2. The molecule has 0 fully saturated rings. The van der Waals surface area contributed by atoms with E-state index in [2.05, 4.69) is 27.9 Å². The standard InChI is InChI=1S/C13H16INO4/c1-18-8-12(16)15-11(13(17)19-2)7-9-3-5-10(14)6-4-9/h3-6,11H,7-8H2,1-2H3,(H,15,16)/t11-/m1/s1. The maximum Gasteiger partial charge on any atom is 0.328 e. The molecule has 1 aromatic carbocycles. The van der Waals surface area contributed by atoms with Crippen LogP contribution in [0.4, 0.5) is 0 Å². The highest BCUT2D eigenvalue weighted by Crippen LogP contribution is 2.09. The van der Waals surface area contributed by atoms with Gasteiger partial charge in [-0.15, -0.1) is 0 Å². The monoisotopic (exact) mass is 377 g/mol. The fraction of sp³-hybridized carbons (Fsp3) is 0.385. The van der Waals surface area contributed by atoms with Crippen LogP contribution in [-0.2, 0) is 25.5 Å². The minimum Gasteiger partial charge on any atom is -0.467 e. The fourth-order valence-electron chi connectivity index (χ4n) is 1.56. The molecule has 1 rings (SSSR count). The third-order valence-corrected chi connectivity index (χ3v) is 3.17. The Morgan fingerprint density at radius 2 is 1.89 bits per heavy atom. The summed E-state index contributed by atoms with van der Waals surface area (Å²) in [6, 6.07) is 7.02. The molecular weight excluding hydrogens is 361 g/mol. The van der Waals surface area contributed by atoms with Crippen LogP contribution in [0.15, 0.2) is 24.3 Å². The Bertz CT molecular complexity index is 433. The lowest BCUT2D eigenvalue weighted by Crippen LogP contribution is -2.44. The van der Waals surface area contributed by atoms with Gasteiger partial charge in [-0.2, -0.15) is 0 Å². The van der Waals surface area contributed by atoms with E-state index in [1.54, 1.807) is 0 Å². The highest BCUT2D eigenvalue weighted by atomic mass is 127. The quantitative estimate of drug-likeness (QED) is 0.597. The SMILES string of the molecule is COCC(=O)N[C@H](Cc1ccc(I)cc1)C(=O)OC. The van der Waals surface area contributed by atoms with Crippen LogP contribution < -0.4 is 5.32 Å². The first kappa shape index (κ1) is 15.9. The van der Waals surface area contributed by atoms with E-state index < -0.39 is 12.0 Å². The molecule has 19 heavy (non-hydrogen) atoms. The summed E-state index contributed by atoms with van der Waals surface area (Å²) in [7, 11) is 2.72. The molecule has 0 aromatic heterocycles. The van der Waals surface area contributed by atoms with Crippen LogP contribution in [0, 0.1) is 3.57 Å². The number of hydrogen-bond donors (Lipinski definition) is 1. The van der Waals surface area contributed by atoms with E-state index in [0.29, 0.717) is 6.42 Å². The number of nitrogens with one attached hydrogen (secondary N) is 1. The number of carbonyl (C=O) groups excluding carboxylic acids is 2. The zero-order chi connectivity index (χ0) is 14.3. The van der Waals surface area contributed by atoms with Crippen molar-refractivity contribution in [2.45, 2.75) is 12.5 Å². The summed E-state index contributed by atoms with van der Waals surface area (Å²) >= 11 is 2.20. The Balaban J connectivity index is 2.71. The number of esters is 1. The van der Waals surface area contributed by atoms with Crippen LogP contribution in [0.1, 0.15) is 5.56 Å². The topological polar surface area (TPSA) is 64.6 Å². The fourth-order valence-corrected chi connectivity index (χ4v) is 1.92. The van der Waals surface area contributed by atoms with Gasteiger partial charge < -0.3 is 14.8 Å². The summed E-state index contributed by atoms with van der Waals surface area (Å²) in [6.07, 6.45) is 0.388. The number of amides is 1. The van der Waals surface area contributed by atoms with Gasteiger partial charge in [0.25, 0.3) is 0 Å². The van der Waals surface area contributed by atoms with Gasteiger partial charge in [0, 0.05) is 17.1 Å². The van der Waals surface area contributed by atoms with Crippen LogP contribution in [0.3, 0.4) is 0 Å². The molecule has 0 aliphatic carbocycles. The summed E-state index contributed by atoms with van der Waals surface area (Å²) in [6.45, 7) is -0.0832. The van der Waals surface area contributed by atoms with Crippen LogP contribution in [0.25, 0.3) is 0 Å². The molecule has 0 saturated carbocycles. The molecule has 0 radical (unpaired) electrons. The number of benzene rings is 1. The molecule has 5 nitrogen and oxygen atoms in total. The summed E-state index contributed by atoms with van der Waals surface area (Å²) in [4.78, 5) is 23.1. The lowest BCUT2D eigenvalue weighted by atomic mass is 10.1. The molecular formula is C13H16INO4. The Hall–Kier alpha value is -1.15. The van der Waals surface area contributed by atoms with Crippen LogP contribution >= 0.6 is 22.6 Å². The number of hydrogen-bond acceptors (Lipinski definition) is 4. The molecule has 1 amide bonds. The molecule has 6 heteroatoms. The normalized spacial score (nSPS) is 11.7. The van der Waals surface area contributed by atoms with E-state index in [1.807, 2.05) is 24.3 Å². The Morgan fingerprint density at radius 1 is 1.26 bits per heavy atom. The molecule has 1 N–H and O–H groups in total. The van der Waals surface area contributed by atoms with E-state index in [-0.39, 0.29) is 12.5 Å². The first-order valence-corrected chi connectivity index (χ1v) is 6.75. The van der Waals surface area contributed by atoms with Crippen molar-refractivity contribution >= 4 is 34.5 Å². The van der Waals surface area contributed by atoms with Crippen molar-refractivity contribution in [3.8, 4) is 0 Å². The van der Waals surface area contributed by atoms with Crippen molar-refractivity contribution in [3.63, 3.8) is 0 Å². The summed E-state index contributed by atoms with van der Waals surface area (Å²) in [5, 5.41) is 2.59. The van der Waals surface area contributed by atoms with E-state index >= 15 is 0 Å². The molecule has 1 atom stereocenters. The largest absolute Gasteiger partial charge is 0.467 e. The van der Waals surface area contributed by atoms with Gasteiger partial charge in [-0.05, 0) is 40.3 Å². The van der Waals surface area contributed by atoms with Crippen molar-refractivity contribution in [2.75, 3.05) is 20.8 Å². The molecule has 0 bridgehead atoms. The number of rotatable bonds is 6. The predicted octanol–water partition coefficient (Wildman–Crippen LogP) is 1.14. The maximum atomic E-state index is 11.6. The predicted molar refractivity (Wildman–Crippen MR) is 78.7 cm³/mol. The molecule has 0 unspecified atom stereocenters. The van der Waals surface area contributed by atoms with E-state index in [9.17, 15) is 9.59 Å². The van der Waals surface area contributed by atoms with E-state index in [1.165, 1.54) is 14.2 Å². The van der Waals surface area contributed by atoms with Gasteiger partial charge in [-0.3, -0.25) is 4.79 Å². The van der Waals surface area contributed by atoms with Gasteiger partial charge in [-0.25, -0.2) is 4.79 Å². The second-order valence-electron chi connectivity index (χ2n) is 3.91. The summed E-state index contributed by atoms with van der Waals surface area (Å²) in [5.74, 6) is -0.814. The number of halogens is 1. The van der Waals surface area contributed by atoms with Crippen LogP contribution in [0.5, 0.6) is 0 Å². The van der Waals surface area contributed by atoms with Gasteiger partial charge in [0.2, 0.25) is 5.91 Å².